The van der Waals surface area contributed by atoms with Crippen LogP contribution in [-0.2, 0) is 17.5 Å². The van der Waals surface area contributed by atoms with Gasteiger partial charge in [0.05, 0.1) is 16.3 Å². The van der Waals surface area contributed by atoms with Crippen molar-refractivity contribution in [2.75, 3.05) is 6.61 Å². The molecular weight excluding hydrogens is 600 g/mol. The molecule has 0 amide bonds. The molecule has 43 heavy (non-hydrogen) atoms. The molecule has 0 atom stereocenters. The highest BCUT2D eigenvalue weighted by molar-refractivity contribution is 6.36. The molecule has 4 aromatic carbocycles. The van der Waals surface area contributed by atoms with Crippen LogP contribution in [-0.4, -0.2) is 27.2 Å². The Kier molecular flexibility index (Phi) is 8.89. The molecule has 0 aliphatic rings. The number of hydrogen-bond acceptors (Lipinski definition) is 3. The molecule has 1 N–H and O–H groups in total. The van der Waals surface area contributed by atoms with Crippen LogP contribution >= 0.6 is 23.2 Å². The number of hydrogen-bond donors (Lipinski definition) is 1. The van der Waals surface area contributed by atoms with Crippen LogP contribution in [0, 0.1) is 0 Å². The van der Waals surface area contributed by atoms with Crippen molar-refractivity contribution in [3.63, 3.8) is 0 Å². The van der Waals surface area contributed by atoms with E-state index in [1.807, 2.05) is 4.57 Å². The van der Waals surface area contributed by atoms with Crippen molar-refractivity contribution in [2.45, 2.75) is 12.7 Å². The molecule has 0 radical (unpaired) electrons. The van der Waals surface area contributed by atoms with E-state index in [4.69, 9.17) is 38.0 Å². The summed E-state index contributed by atoms with van der Waals surface area (Å²) in [5.41, 5.74) is 2.25. The molecule has 0 unspecified atom stereocenters. The van der Waals surface area contributed by atoms with Gasteiger partial charge in [-0.15, -0.1) is 0 Å². The van der Waals surface area contributed by atoms with Gasteiger partial charge >= 0.3 is 12.1 Å². The van der Waals surface area contributed by atoms with Crippen LogP contribution in [0.4, 0.5) is 13.2 Å². The maximum absolute atomic E-state index is 14.1. The fraction of sp³-hybridized carbons (Fsp3) is 0.0909. The number of rotatable bonds is 9. The normalized spacial score (nSPS) is 11.7. The largest absolute Gasteiger partial charge is 0.482 e. The number of halogens is 5. The molecule has 0 saturated heterocycles. The van der Waals surface area contributed by atoms with Gasteiger partial charge in [0, 0.05) is 23.3 Å². The van der Waals surface area contributed by atoms with Crippen molar-refractivity contribution in [2.24, 2.45) is 0 Å². The molecule has 218 valence electrons. The first-order chi connectivity index (χ1) is 20.6. The number of ether oxygens (including phenoxy) is 1. The Morgan fingerprint density at radius 2 is 1.63 bits per heavy atom. The van der Waals surface area contributed by atoms with Gasteiger partial charge in [-0.05, 0) is 64.7 Å². The Bertz CT molecular complexity index is 1780. The Morgan fingerprint density at radius 1 is 0.907 bits per heavy atom. The van der Waals surface area contributed by atoms with E-state index in [9.17, 15) is 18.0 Å². The van der Waals surface area contributed by atoms with Crippen LogP contribution in [0.5, 0.6) is 5.75 Å². The number of carboxylic acid groups (broad SMARTS) is 1. The summed E-state index contributed by atoms with van der Waals surface area (Å²) in [7, 11) is 0. The zero-order valence-corrected chi connectivity index (χ0v) is 23.9. The second-order valence-electron chi connectivity index (χ2n) is 9.56. The molecule has 0 spiro atoms. The average Bonchev–Trinajstić information content (AvgIpc) is 3.37. The first-order valence-corrected chi connectivity index (χ1v) is 13.7. The Balaban J connectivity index is 1.50. The van der Waals surface area contributed by atoms with E-state index >= 15 is 0 Å². The third kappa shape index (κ3) is 7.46. The topological polar surface area (TPSA) is 64.3 Å². The number of benzene rings is 4. The molecule has 5 nitrogen and oxygen atoms in total. The molecule has 0 fully saturated rings. The van der Waals surface area contributed by atoms with Gasteiger partial charge in [0.1, 0.15) is 11.6 Å². The Hall–Kier alpha value is -4.53. The minimum Gasteiger partial charge on any atom is -0.482 e. The lowest BCUT2D eigenvalue weighted by Gasteiger charge is -2.14. The summed E-state index contributed by atoms with van der Waals surface area (Å²) >= 11 is 12.5. The van der Waals surface area contributed by atoms with Crippen LogP contribution in [0.2, 0.25) is 10.0 Å². The van der Waals surface area contributed by atoms with Crippen molar-refractivity contribution in [3.05, 3.63) is 130 Å². The summed E-state index contributed by atoms with van der Waals surface area (Å²) in [5, 5.41) is 9.70. The minimum atomic E-state index is -4.55. The summed E-state index contributed by atoms with van der Waals surface area (Å²) in [6.45, 7) is -0.0960. The molecular formula is C33H23Cl2F3N2O3. The maximum Gasteiger partial charge on any atom is 0.417 e. The fourth-order valence-corrected chi connectivity index (χ4v) is 5.00. The molecule has 0 saturated carbocycles. The Labute approximate surface area is 255 Å². The first-order valence-electron chi connectivity index (χ1n) is 13.0. The fourth-order valence-electron chi connectivity index (χ4n) is 4.49. The van der Waals surface area contributed by atoms with E-state index < -0.39 is 24.3 Å². The highest BCUT2D eigenvalue weighted by atomic mass is 35.5. The monoisotopic (exact) mass is 622 g/mol. The van der Waals surface area contributed by atoms with Gasteiger partial charge in [-0.1, -0.05) is 83.9 Å². The first kappa shape index (κ1) is 29.9. The average molecular weight is 623 g/mol. The van der Waals surface area contributed by atoms with Crippen molar-refractivity contribution < 1.29 is 27.8 Å². The molecule has 1 aromatic heterocycles. The lowest BCUT2D eigenvalue weighted by Crippen LogP contribution is -2.09. The zero-order chi connectivity index (χ0) is 30.6. The van der Waals surface area contributed by atoms with Gasteiger partial charge in [0.25, 0.3) is 0 Å². The summed E-state index contributed by atoms with van der Waals surface area (Å²) in [6.07, 6.45) is 0.476. The van der Waals surface area contributed by atoms with Gasteiger partial charge in [-0.2, -0.15) is 13.2 Å². The number of carbonyl (C=O) groups is 1. The van der Waals surface area contributed by atoms with Crippen LogP contribution in [0.15, 0.2) is 97.2 Å². The summed E-state index contributed by atoms with van der Waals surface area (Å²) in [5.74, 6) is -0.192. The number of aliphatic carboxylic acids is 1. The van der Waals surface area contributed by atoms with Crippen molar-refractivity contribution in [1.29, 1.82) is 0 Å². The standard InChI is InChI=1S/C33H23Cl2F3N2O3/c34-24-10-14-27(29(35)17-24)30-19-40(18-22-6-11-25(12-7-22)43-20-32(41)42)31(39-30)15-9-21-8-13-26(23-4-2-1-3-5-23)28(16-21)33(36,37)38/h1-17,19H,18,20H2,(H,41,42)/b15-9+. The van der Waals surface area contributed by atoms with Gasteiger partial charge in [-0.25, -0.2) is 9.78 Å². The molecule has 5 rings (SSSR count). The van der Waals surface area contributed by atoms with E-state index in [-0.39, 0.29) is 5.56 Å². The smallest absolute Gasteiger partial charge is 0.417 e. The highest BCUT2D eigenvalue weighted by Crippen LogP contribution is 2.38. The lowest BCUT2D eigenvalue weighted by molar-refractivity contribution is -0.139. The van der Waals surface area contributed by atoms with Crippen molar-refractivity contribution in [1.82, 2.24) is 9.55 Å². The molecule has 0 bridgehead atoms. The predicted molar refractivity (Wildman–Crippen MR) is 162 cm³/mol. The number of imidazole rings is 1. The number of alkyl halides is 3. The summed E-state index contributed by atoms with van der Waals surface area (Å²) in [6, 6.07) is 24.6. The summed E-state index contributed by atoms with van der Waals surface area (Å²) in [4.78, 5) is 15.5. The van der Waals surface area contributed by atoms with Crippen LogP contribution in [0.1, 0.15) is 22.5 Å². The van der Waals surface area contributed by atoms with Crippen molar-refractivity contribution >= 4 is 41.3 Å². The zero-order valence-electron chi connectivity index (χ0n) is 22.4. The third-order valence-electron chi connectivity index (χ3n) is 6.51. The number of aromatic nitrogens is 2. The van der Waals surface area contributed by atoms with E-state index in [1.165, 1.54) is 6.07 Å². The minimum absolute atomic E-state index is 0.0993. The van der Waals surface area contributed by atoms with Gasteiger partial charge in [0.15, 0.2) is 6.61 Å². The molecule has 0 aliphatic heterocycles. The molecule has 5 aromatic rings. The van der Waals surface area contributed by atoms with E-state index in [1.54, 1.807) is 97.2 Å². The maximum atomic E-state index is 14.1. The number of nitrogens with zero attached hydrogens (tertiary/aromatic N) is 2. The van der Waals surface area contributed by atoms with Crippen molar-refractivity contribution in [3.8, 4) is 28.1 Å². The highest BCUT2D eigenvalue weighted by Gasteiger charge is 2.33. The van der Waals surface area contributed by atoms with Crippen LogP contribution in [0.25, 0.3) is 34.5 Å². The summed E-state index contributed by atoms with van der Waals surface area (Å²) < 4.78 is 49.2. The van der Waals surface area contributed by atoms with E-state index in [0.29, 0.717) is 50.5 Å². The van der Waals surface area contributed by atoms with Crippen LogP contribution in [0.3, 0.4) is 0 Å². The number of carboxylic acids is 1. The van der Waals surface area contributed by atoms with Gasteiger partial charge in [0.2, 0.25) is 0 Å². The second-order valence-corrected chi connectivity index (χ2v) is 10.4. The molecule has 1 heterocycles. The van der Waals surface area contributed by atoms with Gasteiger partial charge < -0.3 is 14.4 Å². The SMILES string of the molecule is O=C(O)COc1ccc(Cn2cc(-c3ccc(Cl)cc3Cl)nc2/C=C/c2ccc(-c3ccccc3)c(C(F)(F)F)c2)cc1. The third-order valence-corrected chi connectivity index (χ3v) is 7.06. The van der Waals surface area contributed by atoms with Crippen LogP contribution < -0.4 is 4.74 Å². The molecule has 10 heteroatoms. The van der Waals surface area contributed by atoms with Gasteiger partial charge in [-0.3, -0.25) is 0 Å². The van der Waals surface area contributed by atoms with E-state index in [2.05, 4.69) is 0 Å². The Morgan fingerprint density at radius 3 is 2.30 bits per heavy atom. The molecule has 0 aliphatic carbocycles. The second kappa shape index (κ2) is 12.8. The predicted octanol–water partition coefficient (Wildman–Crippen LogP) is 9.22. The quantitative estimate of drug-likeness (QED) is 0.178. The van der Waals surface area contributed by atoms with E-state index in [0.717, 1.165) is 11.6 Å². The lowest BCUT2D eigenvalue weighted by atomic mass is 9.97.